The molecule has 1 fully saturated rings. The zero-order chi connectivity index (χ0) is 17.3. The smallest absolute Gasteiger partial charge is 0.270 e. The maximum Gasteiger partial charge on any atom is 0.270 e. The van der Waals surface area contributed by atoms with Gasteiger partial charge in [-0.25, -0.2) is 0 Å². The molecule has 1 aliphatic heterocycles. The van der Waals surface area contributed by atoms with Crippen LogP contribution in [-0.4, -0.2) is 16.9 Å². The molecule has 2 amide bonds. The molecule has 0 spiro atoms. The summed E-state index contributed by atoms with van der Waals surface area (Å²) < 4.78 is 0. The number of anilines is 1. The van der Waals surface area contributed by atoms with Crippen molar-refractivity contribution >= 4 is 52.2 Å². The summed E-state index contributed by atoms with van der Waals surface area (Å²) in [6.07, 6.45) is 1.59. The second-order valence-electron chi connectivity index (χ2n) is 5.76. The molecule has 6 heteroatoms. The number of nitrogens with one attached hydrogen (secondary N) is 1. The first-order valence-corrected chi connectivity index (χ1v) is 8.86. The van der Waals surface area contributed by atoms with Gasteiger partial charge in [0.25, 0.3) is 11.8 Å². The van der Waals surface area contributed by atoms with E-state index in [9.17, 15) is 9.59 Å². The first-order valence-electron chi connectivity index (χ1n) is 7.51. The zero-order valence-corrected chi connectivity index (χ0v) is 14.9. The molecule has 24 heavy (non-hydrogen) atoms. The van der Waals surface area contributed by atoms with E-state index in [0.717, 1.165) is 5.56 Å². The Morgan fingerprint density at radius 3 is 2.46 bits per heavy atom. The van der Waals surface area contributed by atoms with Crippen molar-refractivity contribution in [2.45, 2.75) is 19.8 Å². The van der Waals surface area contributed by atoms with E-state index in [1.807, 2.05) is 41.1 Å². The summed E-state index contributed by atoms with van der Waals surface area (Å²) in [5.41, 5.74) is 2.72. The van der Waals surface area contributed by atoms with E-state index in [0.29, 0.717) is 11.6 Å². The quantitative estimate of drug-likeness (QED) is 0.518. The van der Waals surface area contributed by atoms with Gasteiger partial charge in [-0.3, -0.25) is 19.8 Å². The monoisotopic (exact) mass is 356 g/mol. The Kier molecular flexibility index (Phi) is 4.59. The van der Waals surface area contributed by atoms with Crippen molar-refractivity contribution in [3.8, 4) is 0 Å². The summed E-state index contributed by atoms with van der Waals surface area (Å²) in [6, 6.07) is 9.48. The average molecular weight is 356 g/mol. The van der Waals surface area contributed by atoms with Crippen LogP contribution in [0.1, 0.15) is 30.9 Å². The summed E-state index contributed by atoms with van der Waals surface area (Å²) in [4.78, 5) is 26.3. The summed E-state index contributed by atoms with van der Waals surface area (Å²) in [7, 11) is 0. The highest BCUT2D eigenvalue weighted by molar-refractivity contribution is 7.80. The number of carbonyl (C=O) groups excluding carboxylic acids is 2. The van der Waals surface area contributed by atoms with E-state index < -0.39 is 11.8 Å². The van der Waals surface area contributed by atoms with Crippen LogP contribution in [0.3, 0.4) is 0 Å². The highest BCUT2D eigenvalue weighted by atomic mass is 32.1. The van der Waals surface area contributed by atoms with Gasteiger partial charge >= 0.3 is 0 Å². The van der Waals surface area contributed by atoms with Crippen molar-refractivity contribution < 1.29 is 9.59 Å². The molecule has 0 unspecified atom stereocenters. The molecule has 1 N–H and O–H groups in total. The Morgan fingerprint density at radius 1 is 1.17 bits per heavy atom. The van der Waals surface area contributed by atoms with Crippen LogP contribution in [0.5, 0.6) is 0 Å². The van der Waals surface area contributed by atoms with Crippen molar-refractivity contribution in [2.75, 3.05) is 4.90 Å². The molecule has 0 radical (unpaired) electrons. The van der Waals surface area contributed by atoms with E-state index >= 15 is 0 Å². The third kappa shape index (κ3) is 3.16. The van der Waals surface area contributed by atoms with Crippen LogP contribution in [0, 0.1) is 0 Å². The number of thiophene rings is 1. The largest absolute Gasteiger partial charge is 0.298 e. The molecular formula is C18H16N2O2S2. The average Bonchev–Trinajstić information content (AvgIpc) is 3.05. The van der Waals surface area contributed by atoms with Crippen LogP contribution < -0.4 is 10.2 Å². The normalized spacial score (nSPS) is 16.9. The van der Waals surface area contributed by atoms with Gasteiger partial charge in [-0.2, -0.15) is 11.3 Å². The van der Waals surface area contributed by atoms with Crippen molar-refractivity contribution in [3.05, 3.63) is 57.8 Å². The third-order valence-electron chi connectivity index (χ3n) is 3.77. The molecule has 1 aliphatic rings. The lowest BCUT2D eigenvalue weighted by Crippen LogP contribution is -2.54. The highest BCUT2D eigenvalue weighted by Gasteiger charge is 2.34. The first kappa shape index (κ1) is 16.5. The predicted octanol–water partition coefficient (Wildman–Crippen LogP) is 3.70. The maximum absolute atomic E-state index is 12.8. The number of carbonyl (C=O) groups is 2. The molecule has 0 saturated carbocycles. The van der Waals surface area contributed by atoms with Crippen LogP contribution in [-0.2, 0) is 9.59 Å². The SMILES string of the molecule is CC(C)c1ccc(N2C(=O)/C(=C/c3ccsc3)C(=O)NC2=S)cc1. The maximum atomic E-state index is 12.8. The third-order valence-corrected chi connectivity index (χ3v) is 4.76. The van der Waals surface area contributed by atoms with Crippen molar-refractivity contribution in [3.63, 3.8) is 0 Å². The van der Waals surface area contributed by atoms with Crippen molar-refractivity contribution in [1.29, 1.82) is 0 Å². The molecule has 3 rings (SSSR count). The Balaban J connectivity index is 1.96. The van der Waals surface area contributed by atoms with Gasteiger partial charge < -0.3 is 0 Å². The lowest BCUT2D eigenvalue weighted by Gasteiger charge is -2.29. The fraction of sp³-hybridized carbons (Fsp3) is 0.167. The molecule has 0 atom stereocenters. The lowest BCUT2D eigenvalue weighted by atomic mass is 10.0. The van der Waals surface area contributed by atoms with Gasteiger partial charge in [0.2, 0.25) is 0 Å². The molecular weight excluding hydrogens is 340 g/mol. The van der Waals surface area contributed by atoms with Gasteiger partial charge in [0.1, 0.15) is 5.57 Å². The standard InChI is InChI=1S/C18H16N2O2S2/c1-11(2)13-3-5-14(6-4-13)20-17(22)15(16(21)19-18(20)23)9-12-7-8-24-10-12/h3-11H,1-2H3,(H,19,21,23)/b15-9+. The molecule has 4 nitrogen and oxygen atoms in total. The van der Waals surface area contributed by atoms with E-state index in [1.165, 1.54) is 21.8 Å². The molecule has 1 aromatic carbocycles. The van der Waals surface area contributed by atoms with Gasteiger partial charge in [-0.1, -0.05) is 26.0 Å². The summed E-state index contributed by atoms with van der Waals surface area (Å²) in [5.74, 6) is -0.477. The molecule has 122 valence electrons. The Bertz CT molecular complexity index is 821. The molecule has 0 aliphatic carbocycles. The number of nitrogens with zero attached hydrogens (tertiary/aromatic N) is 1. The van der Waals surface area contributed by atoms with E-state index in [-0.39, 0.29) is 10.7 Å². The second kappa shape index (κ2) is 6.67. The number of thiocarbonyl (C=S) groups is 1. The van der Waals surface area contributed by atoms with Crippen molar-refractivity contribution in [1.82, 2.24) is 5.32 Å². The Hall–Kier alpha value is -2.31. The van der Waals surface area contributed by atoms with E-state index in [2.05, 4.69) is 19.2 Å². The van der Waals surface area contributed by atoms with Crippen LogP contribution in [0.15, 0.2) is 46.7 Å². The van der Waals surface area contributed by atoms with Crippen LogP contribution in [0.25, 0.3) is 6.08 Å². The number of amides is 2. The van der Waals surface area contributed by atoms with Gasteiger partial charge in [0, 0.05) is 0 Å². The van der Waals surface area contributed by atoms with Crippen LogP contribution in [0.2, 0.25) is 0 Å². The number of benzene rings is 1. The fourth-order valence-electron chi connectivity index (χ4n) is 2.42. The Morgan fingerprint density at radius 2 is 1.88 bits per heavy atom. The molecule has 2 heterocycles. The molecule has 1 aromatic heterocycles. The molecule has 0 bridgehead atoms. The molecule has 2 aromatic rings. The zero-order valence-electron chi connectivity index (χ0n) is 13.3. The molecule has 1 saturated heterocycles. The Labute approximate surface area is 149 Å². The van der Waals surface area contributed by atoms with Gasteiger partial charge in [0.15, 0.2) is 5.11 Å². The predicted molar refractivity (Wildman–Crippen MR) is 101 cm³/mol. The van der Waals surface area contributed by atoms with Gasteiger partial charge in [-0.05, 0) is 64.3 Å². The minimum atomic E-state index is -0.466. The van der Waals surface area contributed by atoms with Crippen LogP contribution >= 0.6 is 23.6 Å². The summed E-state index contributed by atoms with van der Waals surface area (Å²) in [5, 5.41) is 6.46. The number of hydrogen-bond donors (Lipinski definition) is 1. The second-order valence-corrected chi connectivity index (χ2v) is 6.93. The summed E-state index contributed by atoms with van der Waals surface area (Å²) >= 11 is 6.70. The van der Waals surface area contributed by atoms with Gasteiger partial charge in [0.05, 0.1) is 5.69 Å². The number of hydrogen-bond acceptors (Lipinski definition) is 4. The lowest BCUT2D eigenvalue weighted by molar-refractivity contribution is -0.122. The number of rotatable bonds is 3. The highest BCUT2D eigenvalue weighted by Crippen LogP contribution is 2.24. The minimum Gasteiger partial charge on any atom is -0.298 e. The first-order chi connectivity index (χ1) is 11.5. The minimum absolute atomic E-state index is 0.0786. The van der Waals surface area contributed by atoms with Gasteiger partial charge in [-0.15, -0.1) is 0 Å². The summed E-state index contributed by atoms with van der Waals surface area (Å²) in [6.45, 7) is 4.21. The topological polar surface area (TPSA) is 49.4 Å². The van der Waals surface area contributed by atoms with Crippen LogP contribution in [0.4, 0.5) is 5.69 Å². The van der Waals surface area contributed by atoms with E-state index in [1.54, 1.807) is 6.08 Å². The van der Waals surface area contributed by atoms with E-state index in [4.69, 9.17) is 12.2 Å². The van der Waals surface area contributed by atoms with Crippen molar-refractivity contribution in [2.24, 2.45) is 0 Å². The fourth-order valence-corrected chi connectivity index (χ4v) is 3.32.